The van der Waals surface area contributed by atoms with E-state index >= 15 is 0 Å². The van der Waals surface area contributed by atoms with Crippen LogP contribution in [0.1, 0.15) is 74.5 Å². The van der Waals surface area contributed by atoms with E-state index in [-0.39, 0.29) is 12.2 Å². The average Bonchev–Trinajstić information content (AvgIpc) is 3.36. The highest BCUT2D eigenvalue weighted by Crippen LogP contribution is 2.32. The standard InChI is InChI=1S/C32H35N3O3S/c1-8-34-21(7)25(24-12-10-11-19(5)28(24)34)17-26-30(36)35-29(23-15-13-22(14-16-23)18(3)4)27(31(37)38-9-2)20(6)33-32(35)39-26/h10-18,29H,8-9H2,1-7H3/b26-17-/t29-/m1/s1. The second kappa shape index (κ2) is 10.5. The number of allylic oxidation sites excluding steroid dienone is 1. The maximum atomic E-state index is 14.1. The maximum absolute atomic E-state index is 14.1. The molecule has 4 aromatic rings. The minimum absolute atomic E-state index is 0.157. The monoisotopic (exact) mass is 541 g/mol. The van der Waals surface area contributed by atoms with Crippen LogP contribution >= 0.6 is 11.3 Å². The molecule has 1 aliphatic rings. The molecule has 0 spiro atoms. The van der Waals surface area contributed by atoms with E-state index < -0.39 is 12.0 Å². The van der Waals surface area contributed by atoms with Crippen molar-refractivity contribution < 1.29 is 9.53 Å². The van der Waals surface area contributed by atoms with E-state index in [0.29, 0.717) is 26.5 Å². The Morgan fingerprint density at radius 2 is 1.82 bits per heavy atom. The Labute approximate surface area is 232 Å². The van der Waals surface area contributed by atoms with Gasteiger partial charge in [0.2, 0.25) is 0 Å². The number of hydrogen-bond donors (Lipinski definition) is 0. The van der Waals surface area contributed by atoms with Gasteiger partial charge < -0.3 is 9.30 Å². The molecule has 2 aromatic carbocycles. The van der Waals surface area contributed by atoms with Crippen molar-refractivity contribution in [3.63, 3.8) is 0 Å². The van der Waals surface area contributed by atoms with Gasteiger partial charge in [0.1, 0.15) is 0 Å². The highest BCUT2D eigenvalue weighted by atomic mass is 32.1. The molecule has 0 aliphatic carbocycles. The number of esters is 1. The quantitative estimate of drug-likeness (QED) is 0.302. The summed E-state index contributed by atoms with van der Waals surface area (Å²) in [5.41, 5.74) is 7.45. The van der Waals surface area contributed by atoms with Crippen LogP contribution in [-0.2, 0) is 16.1 Å². The molecule has 0 radical (unpaired) electrons. The number of rotatable bonds is 6. The van der Waals surface area contributed by atoms with Gasteiger partial charge in [-0.05, 0) is 63.3 Å². The molecular formula is C32H35N3O3S. The third-order valence-electron chi connectivity index (χ3n) is 7.62. The van der Waals surface area contributed by atoms with Crippen LogP contribution in [-0.4, -0.2) is 21.7 Å². The predicted molar refractivity (Wildman–Crippen MR) is 158 cm³/mol. The van der Waals surface area contributed by atoms with Crippen LogP contribution in [0.15, 0.2) is 63.5 Å². The van der Waals surface area contributed by atoms with Crippen LogP contribution in [0.4, 0.5) is 0 Å². The summed E-state index contributed by atoms with van der Waals surface area (Å²) in [5, 5.41) is 1.13. The molecule has 1 aliphatic heterocycles. The number of nitrogens with zero attached hydrogens (tertiary/aromatic N) is 3. The summed E-state index contributed by atoms with van der Waals surface area (Å²) in [7, 11) is 0. The van der Waals surface area contributed by atoms with Gasteiger partial charge in [-0.25, -0.2) is 9.79 Å². The first-order valence-corrected chi connectivity index (χ1v) is 14.4. The van der Waals surface area contributed by atoms with Crippen molar-refractivity contribution >= 4 is 34.3 Å². The Bertz CT molecular complexity index is 1800. The summed E-state index contributed by atoms with van der Waals surface area (Å²) >= 11 is 1.37. The number of carbonyl (C=O) groups excluding carboxylic acids is 1. The van der Waals surface area contributed by atoms with Crippen molar-refractivity contribution in [2.45, 2.75) is 67.0 Å². The number of fused-ring (bicyclic) bond motifs is 2. The summed E-state index contributed by atoms with van der Waals surface area (Å²) in [6.45, 7) is 15.4. The molecule has 39 heavy (non-hydrogen) atoms. The average molecular weight is 542 g/mol. The molecule has 0 N–H and O–H groups in total. The fourth-order valence-electron chi connectivity index (χ4n) is 5.62. The van der Waals surface area contributed by atoms with Crippen LogP contribution in [0.2, 0.25) is 0 Å². The topological polar surface area (TPSA) is 65.6 Å². The summed E-state index contributed by atoms with van der Waals surface area (Å²) in [4.78, 5) is 32.6. The van der Waals surface area contributed by atoms with E-state index in [9.17, 15) is 9.59 Å². The van der Waals surface area contributed by atoms with Gasteiger partial charge in [0.25, 0.3) is 5.56 Å². The number of thiazole rings is 1. The molecular weight excluding hydrogens is 506 g/mol. The van der Waals surface area contributed by atoms with E-state index in [1.165, 1.54) is 28.0 Å². The largest absolute Gasteiger partial charge is 0.463 e. The minimum atomic E-state index is -0.607. The SMILES string of the molecule is CCOC(=O)C1=C(C)N=c2s/c(=C\c3c(C)n(CC)c4c(C)cccc34)c(=O)n2[C@@H]1c1ccc(C(C)C)cc1. The number of aromatic nitrogens is 2. The number of para-hydroxylation sites is 1. The highest BCUT2D eigenvalue weighted by molar-refractivity contribution is 7.07. The first kappa shape index (κ1) is 26.9. The third-order valence-corrected chi connectivity index (χ3v) is 8.60. The summed E-state index contributed by atoms with van der Waals surface area (Å²) in [6.07, 6.45) is 2.00. The van der Waals surface area contributed by atoms with E-state index in [1.807, 2.05) is 25.1 Å². The fraction of sp³-hybridized carbons (Fsp3) is 0.344. The lowest BCUT2D eigenvalue weighted by Gasteiger charge is -2.25. The summed E-state index contributed by atoms with van der Waals surface area (Å²) in [5.74, 6) is -0.0664. The van der Waals surface area contributed by atoms with Gasteiger partial charge in [-0.3, -0.25) is 9.36 Å². The van der Waals surface area contributed by atoms with Crippen molar-refractivity contribution in [3.05, 3.63) is 101 Å². The summed E-state index contributed by atoms with van der Waals surface area (Å²) < 4.78 is 9.99. The predicted octanol–water partition coefficient (Wildman–Crippen LogP) is 5.51. The Morgan fingerprint density at radius 1 is 1.10 bits per heavy atom. The first-order chi connectivity index (χ1) is 18.7. The molecule has 7 heteroatoms. The van der Waals surface area contributed by atoms with Gasteiger partial charge >= 0.3 is 5.97 Å². The molecule has 0 saturated heterocycles. The lowest BCUT2D eigenvalue weighted by atomic mass is 9.93. The van der Waals surface area contributed by atoms with Crippen molar-refractivity contribution in [3.8, 4) is 0 Å². The van der Waals surface area contributed by atoms with Crippen molar-refractivity contribution in [2.75, 3.05) is 6.61 Å². The van der Waals surface area contributed by atoms with Crippen LogP contribution < -0.4 is 14.9 Å². The van der Waals surface area contributed by atoms with Crippen molar-refractivity contribution in [1.29, 1.82) is 0 Å². The molecule has 0 bridgehead atoms. The van der Waals surface area contributed by atoms with E-state index in [4.69, 9.17) is 9.73 Å². The Balaban J connectivity index is 1.76. The first-order valence-electron chi connectivity index (χ1n) is 13.6. The van der Waals surface area contributed by atoms with Gasteiger partial charge in [-0.1, -0.05) is 67.6 Å². The zero-order chi connectivity index (χ0) is 28.0. The van der Waals surface area contributed by atoms with E-state index in [1.54, 1.807) is 11.5 Å². The second-order valence-electron chi connectivity index (χ2n) is 10.3. The Kier molecular flexibility index (Phi) is 7.21. The fourth-order valence-corrected chi connectivity index (χ4v) is 6.65. The number of benzene rings is 2. The number of carbonyl (C=O) groups is 1. The van der Waals surface area contributed by atoms with Crippen molar-refractivity contribution in [1.82, 2.24) is 9.13 Å². The van der Waals surface area contributed by atoms with Gasteiger partial charge in [-0.15, -0.1) is 0 Å². The molecule has 1 atom stereocenters. The van der Waals surface area contributed by atoms with E-state index in [2.05, 4.69) is 69.5 Å². The third kappa shape index (κ3) is 4.48. The van der Waals surface area contributed by atoms with Crippen LogP contribution in [0.5, 0.6) is 0 Å². The molecule has 0 saturated carbocycles. The second-order valence-corrected chi connectivity index (χ2v) is 11.3. The Hall–Kier alpha value is -3.71. The van der Waals surface area contributed by atoms with Crippen LogP contribution in [0.3, 0.4) is 0 Å². The zero-order valence-electron chi connectivity index (χ0n) is 23.7. The molecule has 2 aromatic heterocycles. The van der Waals surface area contributed by atoms with Gasteiger partial charge in [0, 0.05) is 23.2 Å². The molecule has 0 fully saturated rings. The smallest absolute Gasteiger partial charge is 0.338 e. The van der Waals surface area contributed by atoms with Crippen LogP contribution in [0, 0.1) is 13.8 Å². The summed E-state index contributed by atoms with van der Waals surface area (Å²) in [6, 6.07) is 13.9. The molecule has 0 amide bonds. The maximum Gasteiger partial charge on any atom is 0.338 e. The van der Waals surface area contributed by atoms with E-state index in [0.717, 1.165) is 28.8 Å². The van der Waals surface area contributed by atoms with Crippen LogP contribution in [0.25, 0.3) is 17.0 Å². The molecule has 3 heterocycles. The van der Waals surface area contributed by atoms with Gasteiger partial charge in [0.15, 0.2) is 4.80 Å². The number of hydrogen-bond acceptors (Lipinski definition) is 5. The zero-order valence-corrected chi connectivity index (χ0v) is 24.5. The van der Waals surface area contributed by atoms with Gasteiger partial charge in [0.05, 0.1) is 34.0 Å². The molecule has 5 rings (SSSR count). The molecule has 0 unspecified atom stereocenters. The highest BCUT2D eigenvalue weighted by Gasteiger charge is 2.33. The van der Waals surface area contributed by atoms with Gasteiger partial charge in [-0.2, -0.15) is 0 Å². The minimum Gasteiger partial charge on any atom is -0.463 e. The normalized spacial score (nSPS) is 15.7. The Morgan fingerprint density at radius 3 is 2.46 bits per heavy atom. The molecule has 202 valence electrons. The molecule has 6 nitrogen and oxygen atoms in total. The van der Waals surface area contributed by atoms with Crippen molar-refractivity contribution in [2.24, 2.45) is 4.99 Å². The number of ether oxygens (including phenoxy) is 1. The number of aryl methyl sites for hydroxylation is 2. The lowest BCUT2D eigenvalue weighted by Crippen LogP contribution is -2.40. The lowest BCUT2D eigenvalue weighted by molar-refractivity contribution is -0.139.